The molecule has 1 atom stereocenters. The molecule has 2 N–H and O–H groups in total. The van der Waals surface area contributed by atoms with Crippen molar-refractivity contribution in [3.8, 4) is 0 Å². The van der Waals surface area contributed by atoms with Gasteiger partial charge in [-0.2, -0.15) is 0 Å². The Balaban J connectivity index is 1.93. The Morgan fingerprint density at radius 2 is 1.69 bits per heavy atom. The summed E-state index contributed by atoms with van der Waals surface area (Å²) in [6, 6.07) is 12.4. The predicted octanol–water partition coefficient (Wildman–Crippen LogP) is 4.01. The average Bonchev–Trinajstić information content (AvgIpc) is 2.58. The molecule has 2 aromatic carbocycles. The van der Waals surface area contributed by atoms with Crippen LogP contribution in [0.1, 0.15) is 42.1 Å². The minimum atomic E-state index is -0.327. The number of halogens is 1. The highest BCUT2D eigenvalue weighted by molar-refractivity contribution is 5.81. The number of rotatable bonds is 5. The van der Waals surface area contributed by atoms with Crippen LogP contribution in [-0.4, -0.2) is 0 Å². The van der Waals surface area contributed by atoms with Gasteiger partial charge in [-0.05, 0) is 49.2 Å². The second-order valence-corrected chi connectivity index (χ2v) is 7.28. The first-order valence-corrected chi connectivity index (χ1v) is 8.98. The van der Waals surface area contributed by atoms with E-state index in [2.05, 4.69) is 32.2 Å². The van der Waals surface area contributed by atoms with Crippen LogP contribution in [-0.2, 0) is 6.54 Å². The lowest BCUT2D eigenvalue weighted by molar-refractivity contribution is -0.717. The van der Waals surface area contributed by atoms with Gasteiger partial charge in [-0.15, -0.1) is 0 Å². The van der Waals surface area contributed by atoms with Gasteiger partial charge >= 0.3 is 5.63 Å². The van der Waals surface area contributed by atoms with Gasteiger partial charge in [0.25, 0.3) is 0 Å². The molecule has 3 nitrogen and oxygen atoms in total. The van der Waals surface area contributed by atoms with Crippen molar-refractivity contribution in [1.29, 1.82) is 0 Å². The second kappa shape index (κ2) is 7.42. The van der Waals surface area contributed by atoms with Crippen LogP contribution in [0.25, 0.3) is 11.0 Å². The topological polar surface area (TPSA) is 46.8 Å². The summed E-state index contributed by atoms with van der Waals surface area (Å²) in [6.45, 7) is 9.02. The molecule has 1 aromatic heterocycles. The summed E-state index contributed by atoms with van der Waals surface area (Å²) in [5.41, 5.74) is 4.63. The summed E-state index contributed by atoms with van der Waals surface area (Å²) in [5.74, 6) is 0.143. The molecule has 0 radical (unpaired) electrons. The van der Waals surface area contributed by atoms with Crippen molar-refractivity contribution in [2.45, 2.75) is 40.3 Å². The Labute approximate surface area is 152 Å². The van der Waals surface area contributed by atoms with E-state index >= 15 is 0 Å². The number of benzene rings is 2. The van der Waals surface area contributed by atoms with Crippen LogP contribution in [0.15, 0.2) is 51.7 Å². The fourth-order valence-corrected chi connectivity index (χ4v) is 3.38. The molecule has 0 amide bonds. The van der Waals surface area contributed by atoms with E-state index in [0.29, 0.717) is 18.0 Å². The maximum atomic E-state index is 13.2. The Morgan fingerprint density at radius 1 is 1.04 bits per heavy atom. The fourth-order valence-electron chi connectivity index (χ4n) is 3.38. The molecule has 0 fully saturated rings. The van der Waals surface area contributed by atoms with Crippen LogP contribution in [0.5, 0.6) is 0 Å². The first-order valence-electron chi connectivity index (χ1n) is 8.98. The van der Waals surface area contributed by atoms with E-state index in [4.69, 9.17) is 4.42 Å². The minimum Gasteiger partial charge on any atom is -0.423 e. The molecule has 0 saturated heterocycles. The number of hydrogen-bond acceptors (Lipinski definition) is 2. The van der Waals surface area contributed by atoms with Gasteiger partial charge in [-0.25, -0.2) is 9.18 Å². The van der Waals surface area contributed by atoms with Gasteiger partial charge < -0.3 is 9.73 Å². The Hall–Kier alpha value is -2.46. The fraction of sp³-hybridized carbons (Fsp3) is 0.318. The standard InChI is InChI=1S/C22H24FNO2/c1-13(2)22(16-5-7-18(23)8-6-16)24-12-17-11-21(25)26-20-10-15(4)14(3)9-19(17)20/h5-11,13,22,24H,12H2,1-4H3/p+1/t22-/m0/s1. The third kappa shape index (κ3) is 3.86. The van der Waals surface area contributed by atoms with Gasteiger partial charge in [0.15, 0.2) is 0 Å². The third-order valence-electron chi connectivity index (χ3n) is 5.01. The first kappa shape index (κ1) is 18.3. The van der Waals surface area contributed by atoms with Crippen LogP contribution < -0.4 is 10.9 Å². The van der Waals surface area contributed by atoms with E-state index in [1.807, 2.05) is 25.1 Å². The molecule has 1 heterocycles. The van der Waals surface area contributed by atoms with Gasteiger partial charge in [-0.1, -0.05) is 26.0 Å². The van der Waals surface area contributed by atoms with Crippen LogP contribution in [0.4, 0.5) is 4.39 Å². The number of hydrogen-bond donors (Lipinski definition) is 1. The molecule has 0 bridgehead atoms. The average molecular weight is 354 g/mol. The van der Waals surface area contributed by atoms with Gasteiger partial charge in [0.2, 0.25) is 0 Å². The number of quaternary nitrogens is 1. The van der Waals surface area contributed by atoms with Crippen molar-refractivity contribution >= 4 is 11.0 Å². The molecule has 3 aromatic rings. The van der Waals surface area contributed by atoms with Gasteiger partial charge in [0.05, 0.1) is 0 Å². The summed E-state index contributed by atoms with van der Waals surface area (Å²) in [7, 11) is 0. The smallest absolute Gasteiger partial charge is 0.336 e. The number of aryl methyl sites for hydroxylation is 2. The number of nitrogens with two attached hydrogens (primary N) is 1. The molecule has 0 aliphatic rings. The number of fused-ring (bicyclic) bond motifs is 1. The SMILES string of the molecule is Cc1cc2oc(=O)cc(C[NH2+][C@H](c3ccc(F)cc3)C(C)C)c2cc1C. The van der Waals surface area contributed by atoms with Crippen LogP contribution in [0, 0.1) is 25.6 Å². The summed E-state index contributed by atoms with van der Waals surface area (Å²) in [6.07, 6.45) is 0. The molecule has 0 aliphatic carbocycles. The monoisotopic (exact) mass is 354 g/mol. The Kier molecular flexibility index (Phi) is 5.23. The normalized spacial score (nSPS) is 12.7. The molecule has 4 heteroatoms. The third-order valence-corrected chi connectivity index (χ3v) is 5.01. The van der Waals surface area contributed by atoms with Crippen LogP contribution in [0.3, 0.4) is 0 Å². The summed E-state index contributed by atoms with van der Waals surface area (Å²) < 4.78 is 18.6. The zero-order valence-corrected chi connectivity index (χ0v) is 15.7. The first-order chi connectivity index (χ1) is 12.3. The van der Waals surface area contributed by atoms with Crippen molar-refractivity contribution in [3.63, 3.8) is 0 Å². The van der Waals surface area contributed by atoms with E-state index in [1.165, 1.54) is 17.7 Å². The van der Waals surface area contributed by atoms with Crippen LogP contribution in [0.2, 0.25) is 0 Å². The highest BCUT2D eigenvalue weighted by Crippen LogP contribution is 2.22. The molecule has 26 heavy (non-hydrogen) atoms. The highest BCUT2D eigenvalue weighted by atomic mass is 19.1. The Bertz CT molecular complexity index is 974. The van der Waals surface area contributed by atoms with Gasteiger partial charge in [0.1, 0.15) is 24.0 Å². The molecular formula is C22H25FNO2+. The van der Waals surface area contributed by atoms with Crippen molar-refractivity contribution in [2.24, 2.45) is 5.92 Å². The van der Waals surface area contributed by atoms with Gasteiger partial charge in [-0.3, -0.25) is 0 Å². The maximum Gasteiger partial charge on any atom is 0.336 e. The van der Waals surface area contributed by atoms with Crippen molar-refractivity contribution in [3.05, 3.63) is 81.0 Å². The van der Waals surface area contributed by atoms with E-state index in [0.717, 1.165) is 22.1 Å². The predicted molar refractivity (Wildman–Crippen MR) is 102 cm³/mol. The molecule has 136 valence electrons. The lowest BCUT2D eigenvalue weighted by Crippen LogP contribution is -2.84. The molecule has 0 aliphatic heterocycles. The lowest BCUT2D eigenvalue weighted by Gasteiger charge is -2.20. The van der Waals surface area contributed by atoms with Gasteiger partial charge in [0, 0.05) is 28.5 Å². The molecular weight excluding hydrogens is 329 g/mol. The van der Waals surface area contributed by atoms with E-state index < -0.39 is 0 Å². The quantitative estimate of drug-likeness (QED) is 0.704. The van der Waals surface area contributed by atoms with E-state index in [9.17, 15) is 9.18 Å². The molecule has 0 spiro atoms. The van der Waals surface area contributed by atoms with Crippen LogP contribution >= 0.6 is 0 Å². The largest absolute Gasteiger partial charge is 0.423 e. The molecule has 0 saturated carbocycles. The zero-order valence-electron chi connectivity index (χ0n) is 15.7. The highest BCUT2D eigenvalue weighted by Gasteiger charge is 2.20. The summed E-state index contributed by atoms with van der Waals surface area (Å²) >= 11 is 0. The van der Waals surface area contributed by atoms with Crippen molar-refractivity contribution < 1.29 is 14.1 Å². The minimum absolute atomic E-state index is 0.185. The van der Waals surface area contributed by atoms with E-state index in [1.54, 1.807) is 6.07 Å². The Morgan fingerprint density at radius 3 is 2.35 bits per heavy atom. The second-order valence-electron chi connectivity index (χ2n) is 7.28. The van der Waals surface area contributed by atoms with Crippen molar-refractivity contribution in [1.82, 2.24) is 0 Å². The summed E-state index contributed by atoms with van der Waals surface area (Å²) in [5, 5.41) is 3.19. The molecule has 3 rings (SSSR count). The summed E-state index contributed by atoms with van der Waals surface area (Å²) in [4.78, 5) is 12.0. The van der Waals surface area contributed by atoms with E-state index in [-0.39, 0.29) is 17.5 Å². The lowest BCUT2D eigenvalue weighted by atomic mass is 9.95. The molecule has 0 unspecified atom stereocenters. The maximum absolute atomic E-state index is 13.2. The van der Waals surface area contributed by atoms with Crippen molar-refractivity contribution in [2.75, 3.05) is 0 Å². The zero-order chi connectivity index (χ0) is 18.8.